The number of aryl methyl sites for hydroxylation is 1. The molecule has 0 saturated carbocycles. The Bertz CT molecular complexity index is 856. The molecule has 4 nitrogen and oxygen atoms in total. The Hall–Kier alpha value is -2.82. The number of aromatic nitrogens is 1. The number of benzene rings is 2. The van der Waals surface area contributed by atoms with Crippen LogP contribution in [0.2, 0.25) is 0 Å². The summed E-state index contributed by atoms with van der Waals surface area (Å²) in [6.07, 6.45) is 2.82. The van der Waals surface area contributed by atoms with Crippen LogP contribution < -0.4 is 5.32 Å². The Morgan fingerprint density at radius 2 is 1.52 bits per heavy atom. The minimum Gasteiger partial charge on any atom is -0.360 e. The summed E-state index contributed by atoms with van der Waals surface area (Å²) in [4.78, 5) is 27.4. The van der Waals surface area contributed by atoms with E-state index in [0.717, 1.165) is 16.5 Å². The lowest BCUT2D eigenvalue weighted by atomic mass is 10.1. The van der Waals surface area contributed by atoms with Crippen molar-refractivity contribution >= 4 is 36.7 Å². The molecule has 5 heteroatoms. The van der Waals surface area contributed by atoms with Crippen molar-refractivity contribution in [2.24, 2.45) is 0 Å². The smallest absolute Gasteiger partial charge is 0.296 e. The number of hydrogen-bond donors (Lipinski definition) is 2. The fourth-order valence-corrected chi connectivity index (χ4v) is 2.27. The third kappa shape index (κ3) is 6.44. The van der Waals surface area contributed by atoms with E-state index in [0.29, 0.717) is 11.3 Å². The molecule has 0 aliphatic heterocycles. The average Bonchev–Trinajstić information content (AvgIpc) is 3.09. The minimum atomic E-state index is -0.631. The molecule has 2 aromatic carbocycles. The summed E-state index contributed by atoms with van der Waals surface area (Å²) in [6.45, 7) is 10.1. The number of aromatic amines is 1. The predicted octanol–water partition coefficient (Wildman–Crippen LogP) is 5.36. The Balaban J connectivity index is 0.00000103. The molecule has 0 saturated heterocycles. The van der Waals surface area contributed by atoms with Gasteiger partial charge >= 0.3 is 0 Å². The number of carbonyl (C=O) groups excluding carboxylic acids is 2. The maximum absolute atomic E-state index is 12.3. The molecule has 0 aliphatic rings. The van der Waals surface area contributed by atoms with E-state index >= 15 is 0 Å². The number of fused-ring (bicyclic) bond motifs is 1. The van der Waals surface area contributed by atoms with Gasteiger partial charge in [-0.25, -0.2) is 0 Å². The van der Waals surface area contributed by atoms with Crippen LogP contribution in [0.1, 0.15) is 50.0 Å². The fraction of sp³-hybridized carbons (Fsp3) is 0.273. The summed E-state index contributed by atoms with van der Waals surface area (Å²) in [7, 11) is 0. The third-order valence-corrected chi connectivity index (χ3v) is 3.43. The largest absolute Gasteiger partial charge is 0.360 e. The first-order valence-electron chi connectivity index (χ1n) is 9.05. The van der Waals surface area contributed by atoms with Crippen LogP contribution in [0, 0.1) is 6.92 Å². The second kappa shape index (κ2) is 12.5. The monoisotopic (exact) mass is 363 g/mol. The molecule has 2 N–H and O–H groups in total. The summed E-state index contributed by atoms with van der Waals surface area (Å²) in [5.41, 5.74) is 2.79. The van der Waals surface area contributed by atoms with E-state index in [1.54, 1.807) is 12.3 Å². The second-order valence-corrected chi connectivity index (χ2v) is 5.55. The summed E-state index contributed by atoms with van der Waals surface area (Å²) in [6, 6.07) is 14.8. The molecule has 1 aromatic heterocycles. The van der Waals surface area contributed by atoms with E-state index in [9.17, 15) is 9.59 Å². The standard InChI is InChI=1S/C17H14N2O2.C3H8.C2H6.B/c1-11-6-2-4-8-14(11)19-17(21)16(20)13-10-18-15-9-5-3-7-12(13)15;1-3-2;1-2;/h2-10,18H,1H3,(H,19,21);3H2,1-2H3;1-2H3;. The first-order chi connectivity index (χ1) is 12.6. The molecular formula is C22H28BN2O2. The number of nitrogens with one attached hydrogen (secondary N) is 2. The van der Waals surface area contributed by atoms with Crippen LogP contribution in [0.5, 0.6) is 0 Å². The number of anilines is 1. The van der Waals surface area contributed by atoms with Gasteiger partial charge in [-0.05, 0) is 24.6 Å². The molecule has 0 atom stereocenters. The molecule has 0 fully saturated rings. The molecule has 27 heavy (non-hydrogen) atoms. The van der Waals surface area contributed by atoms with Gasteiger partial charge in [0, 0.05) is 31.2 Å². The SMILES string of the molecule is CC.CCC.Cc1ccccc1NC(=O)C(=O)c1c[nH]c2ccccc12.[B]. The molecule has 0 spiro atoms. The van der Waals surface area contributed by atoms with Crippen molar-refractivity contribution in [3.05, 3.63) is 65.9 Å². The first-order valence-corrected chi connectivity index (χ1v) is 9.05. The van der Waals surface area contributed by atoms with E-state index in [-0.39, 0.29) is 8.41 Å². The van der Waals surface area contributed by atoms with Gasteiger partial charge in [-0.3, -0.25) is 9.59 Å². The predicted molar refractivity (Wildman–Crippen MR) is 116 cm³/mol. The first kappa shape index (κ1) is 24.2. The molecule has 3 rings (SSSR count). The summed E-state index contributed by atoms with van der Waals surface area (Å²) >= 11 is 0. The van der Waals surface area contributed by atoms with Crippen LogP contribution in [0.4, 0.5) is 5.69 Å². The molecule has 1 amide bonds. The van der Waals surface area contributed by atoms with Crippen molar-refractivity contribution in [3.8, 4) is 0 Å². The van der Waals surface area contributed by atoms with E-state index in [1.165, 1.54) is 6.42 Å². The van der Waals surface area contributed by atoms with Gasteiger partial charge in [0.25, 0.3) is 11.7 Å². The molecule has 1 heterocycles. The highest BCUT2D eigenvalue weighted by Gasteiger charge is 2.20. The van der Waals surface area contributed by atoms with Crippen LogP contribution in [-0.2, 0) is 4.79 Å². The lowest BCUT2D eigenvalue weighted by molar-refractivity contribution is -0.112. The van der Waals surface area contributed by atoms with Gasteiger partial charge in [-0.15, -0.1) is 0 Å². The van der Waals surface area contributed by atoms with Crippen molar-refractivity contribution in [1.82, 2.24) is 4.98 Å². The minimum absolute atomic E-state index is 0. The molecule has 3 aromatic rings. The van der Waals surface area contributed by atoms with E-state index < -0.39 is 11.7 Å². The summed E-state index contributed by atoms with van der Waals surface area (Å²) in [5.74, 6) is -1.18. The number of ketones is 1. The zero-order valence-corrected chi connectivity index (χ0v) is 16.8. The normalized spacial score (nSPS) is 9.07. The van der Waals surface area contributed by atoms with Crippen molar-refractivity contribution in [2.45, 2.75) is 41.0 Å². The Labute approximate surface area is 164 Å². The van der Waals surface area contributed by atoms with Crippen LogP contribution >= 0.6 is 0 Å². The van der Waals surface area contributed by atoms with Crippen LogP contribution in [0.15, 0.2) is 54.7 Å². The highest BCUT2D eigenvalue weighted by atomic mass is 16.2. The highest BCUT2D eigenvalue weighted by molar-refractivity contribution is 6.48. The Morgan fingerprint density at radius 1 is 0.963 bits per heavy atom. The Kier molecular flexibility index (Phi) is 11.2. The van der Waals surface area contributed by atoms with Gasteiger partial charge < -0.3 is 10.3 Å². The van der Waals surface area contributed by atoms with Gasteiger partial charge in [0.05, 0.1) is 5.56 Å². The van der Waals surface area contributed by atoms with Crippen molar-refractivity contribution in [3.63, 3.8) is 0 Å². The van der Waals surface area contributed by atoms with E-state index in [1.807, 2.05) is 63.2 Å². The van der Waals surface area contributed by atoms with Crippen LogP contribution in [0.3, 0.4) is 0 Å². The third-order valence-electron chi connectivity index (χ3n) is 3.43. The number of para-hydroxylation sites is 2. The lowest BCUT2D eigenvalue weighted by Gasteiger charge is -2.06. The number of rotatable bonds is 3. The fourth-order valence-electron chi connectivity index (χ4n) is 2.27. The zero-order chi connectivity index (χ0) is 19.5. The number of hydrogen-bond acceptors (Lipinski definition) is 2. The number of carbonyl (C=O) groups is 2. The van der Waals surface area contributed by atoms with Gasteiger partial charge in [0.2, 0.25) is 0 Å². The summed E-state index contributed by atoms with van der Waals surface area (Å²) < 4.78 is 0. The average molecular weight is 363 g/mol. The maximum Gasteiger partial charge on any atom is 0.296 e. The molecule has 3 radical (unpaired) electrons. The van der Waals surface area contributed by atoms with E-state index in [4.69, 9.17) is 0 Å². The maximum atomic E-state index is 12.3. The Morgan fingerprint density at radius 3 is 2.15 bits per heavy atom. The molecule has 0 bridgehead atoms. The van der Waals surface area contributed by atoms with Crippen molar-refractivity contribution in [2.75, 3.05) is 5.32 Å². The lowest BCUT2D eigenvalue weighted by Crippen LogP contribution is -2.23. The van der Waals surface area contributed by atoms with Crippen LogP contribution in [0.25, 0.3) is 10.9 Å². The highest BCUT2D eigenvalue weighted by Crippen LogP contribution is 2.19. The van der Waals surface area contributed by atoms with Gasteiger partial charge in [0.1, 0.15) is 0 Å². The molecule has 0 unspecified atom stereocenters. The summed E-state index contributed by atoms with van der Waals surface area (Å²) in [5, 5.41) is 3.41. The number of amides is 1. The van der Waals surface area contributed by atoms with Gasteiger partial charge in [-0.2, -0.15) is 0 Å². The number of H-pyrrole nitrogens is 1. The molecule has 141 valence electrons. The topological polar surface area (TPSA) is 62.0 Å². The van der Waals surface area contributed by atoms with Gasteiger partial charge in [0.15, 0.2) is 0 Å². The zero-order valence-electron chi connectivity index (χ0n) is 16.8. The number of Topliss-reactive ketones (excluding diaryl/α,β-unsaturated/α-hetero) is 1. The van der Waals surface area contributed by atoms with Crippen LogP contribution in [-0.4, -0.2) is 25.1 Å². The van der Waals surface area contributed by atoms with E-state index in [2.05, 4.69) is 24.1 Å². The van der Waals surface area contributed by atoms with Crippen molar-refractivity contribution in [1.29, 1.82) is 0 Å². The quantitative estimate of drug-likeness (QED) is 0.374. The van der Waals surface area contributed by atoms with Gasteiger partial charge in [-0.1, -0.05) is 70.5 Å². The van der Waals surface area contributed by atoms with Crippen molar-refractivity contribution < 1.29 is 9.59 Å². The second-order valence-electron chi connectivity index (χ2n) is 5.55. The molecule has 0 aliphatic carbocycles. The molecular weight excluding hydrogens is 335 g/mol.